The lowest BCUT2D eigenvalue weighted by molar-refractivity contribution is -0.142. The van der Waals surface area contributed by atoms with Gasteiger partial charge in [0.05, 0.1) is 17.8 Å². The van der Waals surface area contributed by atoms with E-state index in [0.29, 0.717) is 17.0 Å². The highest BCUT2D eigenvalue weighted by Gasteiger charge is 2.22. The summed E-state index contributed by atoms with van der Waals surface area (Å²) in [4.78, 5) is 12.0. The number of methoxy groups -OCH3 is 1. The molecule has 0 radical (unpaired) electrons. The van der Waals surface area contributed by atoms with E-state index in [4.69, 9.17) is 4.74 Å². The van der Waals surface area contributed by atoms with Crippen LogP contribution in [-0.4, -0.2) is 33.3 Å². The number of hydrogen-bond acceptors (Lipinski definition) is 5. The Balaban J connectivity index is 2.90. The van der Waals surface area contributed by atoms with Crippen molar-refractivity contribution in [3.05, 3.63) is 24.3 Å². The molecule has 0 saturated heterocycles. The molecule has 0 aromatic heterocycles. The van der Waals surface area contributed by atoms with Crippen molar-refractivity contribution in [3.8, 4) is 0 Å². The van der Waals surface area contributed by atoms with Gasteiger partial charge in [-0.2, -0.15) is 0 Å². The summed E-state index contributed by atoms with van der Waals surface area (Å²) >= 11 is 0. The highest BCUT2D eigenvalue weighted by molar-refractivity contribution is 7.91. The van der Waals surface area contributed by atoms with Crippen LogP contribution < -0.4 is 5.32 Å². The Bertz CT molecular complexity index is 564. The zero-order valence-electron chi connectivity index (χ0n) is 12.9. The Labute approximate surface area is 126 Å². The lowest BCUT2D eigenvalue weighted by Gasteiger charge is -2.21. The molecule has 1 aromatic carbocycles. The van der Waals surface area contributed by atoms with E-state index in [2.05, 4.69) is 5.32 Å². The highest BCUT2D eigenvalue weighted by Crippen LogP contribution is 2.18. The highest BCUT2D eigenvalue weighted by atomic mass is 32.2. The Kier molecular flexibility index (Phi) is 6.20. The van der Waals surface area contributed by atoms with Gasteiger partial charge in [0.1, 0.15) is 6.04 Å². The van der Waals surface area contributed by atoms with Gasteiger partial charge in [0.15, 0.2) is 9.84 Å². The summed E-state index contributed by atoms with van der Waals surface area (Å²) in [5, 5.41) is 3.07. The van der Waals surface area contributed by atoms with Crippen LogP contribution in [0.2, 0.25) is 0 Å². The predicted octanol–water partition coefficient (Wildman–Crippen LogP) is 2.48. The summed E-state index contributed by atoms with van der Waals surface area (Å²) in [5.74, 6) is -0.148. The maximum Gasteiger partial charge on any atom is 0.328 e. The van der Waals surface area contributed by atoms with Crippen molar-refractivity contribution >= 4 is 21.5 Å². The maximum absolute atomic E-state index is 11.9. The van der Waals surface area contributed by atoms with Gasteiger partial charge >= 0.3 is 5.97 Å². The number of carbonyl (C=O) groups excluding carboxylic acids is 1. The molecule has 1 N–H and O–H groups in total. The van der Waals surface area contributed by atoms with Crippen LogP contribution in [0.1, 0.15) is 27.2 Å². The molecule has 0 amide bonds. The second kappa shape index (κ2) is 7.45. The fraction of sp³-hybridized carbons (Fsp3) is 0.533. The van der Waals surface area contributed by atoms with Crippen LogP contribution in [0.4, 0.5) is 5.69 Å². The van der Waals surface area contributed by atoms with Gasteiger partial charge in [-0.25, -0.2) is 13.2 Å². The van der Waals surface area contributed by atoms with Crippen LogP contribution in [0.3, 0.4) is 0 Å². The molecule has 1 rings (SSSR count). The molecule has 0 aliphatic carbocycles. The number of ether oxygens (including phenoxy) is 1. The number of carbonyl (C=O) groups is 1. The molecule has 1 unspecified atom stereocenters. The molecule has 1 aromatic rings. The molecular formula is C15H23NO4S. The van der Waals surface area contributed by atoms with Crippen molar-refractivity contribution in [2.24, 2.45) is 5.92 Å². The van der Waals surface area contributed by atoms with Crippen LogP contribution in [0, 0.1) is 5.92 Å². The number of benzene rings is 1. The number of anilines is 1. The molecule has 0 heterocycles. The number of nitrogens with one attached hydrogen (secondary N) is 1. The van der Waals surface area contributed by atoms with Crippen molar-refractivity contribution in [3.63, 3.8) is 0 Å². The van der Waals surface area contributed by atoms with Crippen molar-refractivity contribution in [2.75, 3.05) is 18.2 Å². The SMILES string of the molecule is CCCS(=O)(=O)c1ccc(NC(C(=O)OC)C(C)C)cc1. The number of hydrogen-bond donors (Lipinski definition) is 1. The fourth-order valence-electron chi connectivity index (χ4n) is 1.95. The van der Waals surface area contributed by atoms with Crippen molar-refractivity contribution < 1.29 is 17.9 Å². The first kappa shape index (κ1) is 17.5. The fourth-order valence-corrected chi connectivity index (χ4v) is 3.27. The quantitative estimate of drug-likeness (QED) is 0.783. The van der Waals surface area contributed by atoms with Crippen LogP contribution in [0.25, 0.3) is 0 Å². The summed E-state index contributed by atoms with van der Waals surface area (Å²) in [5.41, 5.74) is 0.689. The number of rotatable bonds is 7. The summed E-state index contributed by atoms with van der Waals surface area (Å²) < 4.78 is 28.6. The van der Waals surface area contributed by atoms with E-state index in [1.165, 1.54) is 7.11 Å². The standard InChI is InChI=1S/C15H23NO4S/c1-5-10-21(18,19)13-8-6-12(7-9-13)16-14(11(2)3)15(17)20-4/h6-9,11,14,16H,5,10H2,1-4H3. The summed E-state index contributed by atoms with van der Waals surface area (Å²) in [6, 6.07) is 5.99. The van der Waals surface area contributed by atoms with E-state index in [-0.39, 0.29) is 17.6 Å². The first-order chi connectivity index (χ1) is 9.81. The van der Waals surface area contributed by atoms with E-state index >= 15 is 0 Å². The topological polar surface area (TPSA) is 72.5 Å². The zero-order chi connectivity index (χ0) is 16.0. The molecule has 21 heavy (non-hydrogen) atoms. The summed E-state index contributed by atoms with van der Waals surface area (Å²) in [7, 11) is -1.87. The van der Waals surface area contributed by atoms with Crippen LogP contribution in [0.5, 0.6) is 0 Å². The minimum Gasteiger partial charge on any atom is -0.467 e. The van der Waals surface area contributed by atoms with E-state index in [0.717, 1.165) is 0 Å². The van der Waals surface area contributed by atoms with Gasteiger partial charge in [-0.1, -0.05) is 20.8 Å². The minimum absolute atomic E-state index is 0.0564. The van der Waals surface area contributed by atoms with Crippen molar-refractivity contribution in [1.82, 2.24) is 0 Å². The first-order valence-corrected chi connectivity index (χ1v) is 8.64. The molecule has 0 aliphatic rings. The first-order valence-electron chi connectivity index (χ1n) is 6.99. The smallest absolute Gasteiger partial charge is 0.328 e. The molecule has 5 nitrogen and oxygen atoms in total. The maximum atomic E-state index is 11.9. The van der Waals surface area contributed by atoms with Crippen LogP contribution in [0.15, 0.2) is 29.2 Å². The second-order valence-electron chi connectivity index (χ2n) is 5.23. The molecular weight excluding hydrogens is 290 g/mol. The molecule has 0 saturated carbocycles. The average Bonchev–Trinajstić information content (AvgIpc) is 2.44. The molecule has 0 bridgehead atoms. The van der Waals surface area contributed by atoms with Crippen molar-refractivity contribution in [2.45, 2.75) is 38.1 Å². The average molecular weight is 313 g/mol. The Morgan fingerprint density at radius 1 is 1.24 bits per heavy atom. The third-order valence-electron chi connectivity index (χ3n) is 3.13. The van der Waals surface area contributed by atoms with Gasteiger partial charge in [-0.05, 0) is 36.6 Å². The Hall–Kier alpha value is -1.56. The molecule has 6 heteroatoms. The minimum atomic E-state index is -3.21. The molecule has 0 spiro atoms. The zero-order valence-corrected chi connectivity index (χ0v) is 13.7. The largest absolute Gasteiger partial charge is 0.467 e. The third kappa shape index (κ3) is 4.74. The van der Waals surface area contributed by atoms with Gasteiger partial charge in [0.2, 0.25) is 0 Å². The van der Waals surface area contributed by atoms with Gasteiger partial charge in [0, 0.05) is 5.69 Å². The van der Waals surface area contributed by atoms with Crippen LogP contribution >= 0.6 is 0 Å². The normalized spacial score (nSPS) is 13.0. The summed E-state index contributed by atoms with van der Waals surface area (Å²) in [6.45, 7) is 5.65. The van der Waals surface area contributed by atoms with Crippen LogP contribution in [-0.2, 0) is 19.4 Å². The van der Waals surface area contributed by atoms with E-state index < -0.39 is 15.9 Å². The van der Waals surface area contributed by atoms with Crippen molar-refractivity contribution in [1.29, 1.82) is 0 Å². The number of esters is 1. The van der Waals surface area contributed by atoms with E-state index in [9.17, 15) is 13.2 Å². The molecule has 0 aliphatic heterocycles. The van der Waals surface area contributed by atoms with E-state index in [1.54, 1.807) is 24.3 Å². The lowest BCUT2D eigenvalue weighted by Crippen LogP contribution is -2.35. The Morgan fingerprint density at radius 3 is 2.24 bits per heavy atom. The molecule has 118 valence electrons. The molecule has 0 fully saturated rings. The number of sulfone groups is 1. The molecule has 1 atom stereocenters. The Morgan fingerprint density at radius 2 is 1.81 bits per heavy atom. The van der Waals surface area contributed by atoms with Gasteiger partial charge < -0.3 is 10.1 Å². The monoisotopic (exact) mass is 313 g/mol. The van der Waals surface area contributed by atoms with E-state index in [1.807, 2.05) is 20.8 Å². The third-order valence-corrected chi connectivity index (χ3v) is 5.07. The van der Waals surface area contributed by atoms with Gasteiger partial charge in [-0.15, -0.1) is 0 Å². The van der Waals surface area contributed by atoms with Gasteiger partial charge in [0.25, 0.3) is 0 Å². The lowest BCUT2D eigenvalue weighted by atomic mass is 10.0. The second-order valence-corrected chi connectivity index (χ2v) is 7.34. The predicted molar refractivity (Wildman–Crippen MR) is 83.1 cm³/mol. The van der Waals surface area contributed by atoms with Gasteiger partial charge in [-0.3, -0.25) is 0 Å². The summed E-state index contributed by atoms with van der Waals surface area (Å²) in [6.07, 6.45) is 0.583.